The van der Waals surface area contributed by atoms with E-state index in [0.29, 0.717) is 25.2 Å². The van der Waals surface area contributed by atoms with Gasteiger partial charge in [0, 0.05) is 6.04 Å². The molecular formula is C36H42N2O4. The predicted molar refractivity (Wildman–Crippen MR) is 168 cm³/mol. The van der Waals surface area contributed by atoms with Crippen LogP contribution >= 0.6 is 0 Å². The molecule has 0 spiro atoms. The summed E-state index contributed by atoms with van der Waals surface area (Å²) in [5, 5.41) is 19.2. The minimum Gasteiger partial charge on any atom is -0.504 e. The summed E-state index contributed by atoms with van der Waals surface area (Å²) >= 11 is 0. The second-order valence-corrected chi connectivity index (χ2v) is 10.9. The van der Waals surface area contributed by atoms with Crippen LogP contribution in [0.2, 0.25) is 0 Å². The Morgan fingerprint density at radius 2 is 1.50 bits per heavy atom. The maximum atomic E-state index is 13.5. The molecule has 2 unspecified atom stereocenters. The number of phenols is 1. The Morgan fingerprint density at radius 1 is 0.810 bits per heavy atom. The Morgan fingerprint density at radius 3 is 2.26 bits per heavy atom. The van der Waals surface area contributed by atoms with Crippen molar-refractivity contribution in [2.45, 2.75) is 71.6 Å². The highest BCUT2D eigenvalue weighted by atomic mass is 16.5. The predicted octanol–water partition coefficient (Wildman–Crippen LogP) is 6.73. The molecule has 3 atom stereocenters. The van der Waals surface area contributed by atoms with Crippen LogP contribution in [-0.2, 0) is 29.0 Å². The lowest BCUT2D eigenvalue weighted by Gasteiger charge is -2.26. The second-order valence-electron chi connectivity index (χ2n) is 10.9. The van der Waals surface area contributed by atoms with Crippen molar-refractivity contribution in [3.63, 3.8) is 0 Å². The molecule has 0 saturated carbocycles. The molecule has 0 saturated heterocycles. The molecule has 6 nitrogen and oxygen atoms in total. The highest BCUT2D eigenvalue weighted by Gasteiger charge is 2.27. The van der Waals surface area contributed by atoms with Gasteiger partial charge < -0.3 is 20.5 Å². The molecule has 220 valence electrons. The fourth-order valence-corrected chi connectivity index (χ4v) is 5.17. The summed E-state index contributed by atoms with van der Waals surface area (Å²) in [7, 11) is 0. The fourth-order valence-electron chi connectivity index (χ4n) is 5.17. The summed E-state index contributed by atoms with van der Waals surface area (Å²) in [5.41, 5.74) is 2.74. The zero-order chi connectivity index (χ0) is 29.9. The molecule has 0 aromatic heterocycles. The molecule has 0 aliphatic carbocycles. The van der Waals surface area contributed by atoms with Crippen LogP contribution < -0.4 is 15.4 Å². The van der Waals surface area contributed by atoms with Crippen LogP contribution in [0, 0.1) is 5.92 Å². The van der Waals surface area contributed by atoms with Gasteiger partial charge in [-0.15, -0.1) is 0 Å². The molecule has 6 heteroatoms. The molecular weight excluding hydrogens is 524 g/mol. The van der Waals surface area contributed by atoms with Crippen molar-refractivity contribution in [2.24, 2.45) is 5.92 Å². The van der Waals surface area contributed by atoms with Gasteiger partial charge in [-0.05, 0) is 58.7 Å². The van der Waals surface area contributed by atoms with E-state index in [-0.39, 0.29) is 35.9 Å². The van der Waals surface area contributed by atoms with E-state index >= 15 is 0 Å². The number of carbonyl (C=O) groups excluding carboxylic acids is 2. The van der Waals surface area contributed by atoms with Gasteiger partial charge in [0.2, 0.25) is 11.8 Å². The zero-order valence-corrected chi connectivity index (χ0v) is 24.8. The molecule has 0 fully saturated rings. The number of phenolic OH excluding ortho intramolecular Hbond substituents is 1. The largest absolute Gasteiger partial charge is 0.504 e. The summed E-state index contributed by atoms with van der Waals surface area (Å²) in [6.07, 6.45) is 2.92. The van der Waals surface area contributed by atoms with Crippen molar-refractivity contribution in [2.75, 3.05) is 0 Å². The first-order valence-corrected chi connectivity index (χ1v) is 14.9. The van der Waals surface area contributed by atoms with Crippen LogP contribution in [-0.4, -0.2) is 29.0 Å². The van der Waals surface area contributed by atoms with Crippen LogP contribution in [0.3, 0.4) is 0 Å². The smallest absolute Gasteiger partial charge is 0.243 e. The first-order chi connectivity index (χ1) is 20.4. The number of amides is 2. The van der Waals surface area contributed by atoms with Crippen LogP contribution in [0.1, 0.15) is 56.7 Å². The third-order valence-corrected chi connectivity index (χ3v) is 7.96. The zero-order valence-electron chi connectivity index (χ0n) is 24.8. The maximum Gasteiger partial charge on any atom is 0.243 e. The standard InChI is InChI=1S/C36H42N2O4/c1-4-25(3)34(38-33(39)23-29-18-11-16-27-15-9-10-19-31(27)29)36(41)37-30(5-2)22-21-28-17-12-20-32(35(28)40)42-24-26-13-7-6-8-14-26/h6-20,25,30,34,40H,4-5,21-24H2,1-3H3,(H,37,41)(H,38,39)/t25?,30?,34-/m0/s1. The fraction of sp³-hybridized carbons (Fsp3) is 0.333. The normalized spacial score (nSPS) is 13.2. The first-order valence-electron chi connectivity index (χ1n) is 14.9. The molecule has 0 heterocycles. The number of aryl methyl sites for hydroxylation is 1. The highest BCUT2D eigenvalue weighted by Crippen LogP contribution is 2.31. The molecule has 3 N–H and O–H groups in total. The van der Waals surface area contributed by atoms with E-state index in [1.807, 2.05) is 106 Å². The Bertz CT molecular complexity index is 1460. The van der Waals surface area contributed by atoms with Crippen LogP contribution in [0.25, 0.3) is 10.8 Å². The van der Waals surface area contributed by atoms with Crippen LogP contribution in [0.5, 0.6) is 11.5 Å². The molecule has 0 aliphatic rings. The van der Waals surface area contributed by atoms with Crippen molar-refractivity contribution in [1.82, 2.24) is 10.6 Å². The van der Waals surface area contributed by atoms with Crippen LogP contribution in [0.4, 0.5) is 0 Å². The molecule has 4 rings (SSSR count). The van der Waals surface area contributed by atoms with E-state index in [1.165, 1.54) is 0 Å². The molecule has 0 bridgehead atoms. The van der Waals surface area contributed by atoms with Gasteiger partial charge in [-0.3, -0.25) is 9.59 Å². The molecule has 0 radical (unpaired) electrons. The van der Waals surface area contributed by atoms with Gasteiger partial charge in [-0.1, -0.05) is 112 Å². The van der Waals surface area contributed by atoms with Crippen LogP contribution in [0.15, 0.2) is 91.0 Å². The van der Waals surface area contributed by atoms with Crippen molar-refractivity contribution in [1.29, 1.82) is 0 Å². The Labute approximate surface area is 249 Å². The molecule has 0 aliphatic heterocycles. The first kappa shape index (κ1) is 30.6. The molecule has 2 amide bonds. The number of nitrogens with one attached hydrogen (secondary N) is 2. The highest BCUT2D eigenvalue weighted by molar-refractivity contribution is 5.92. The number of benzene rings is 4. The SMILES string of the molecule is CCC(CCc1cccc(OCc2ccccc2)c1O)NC(=O)[C@@H](NC(=O)Cc1cccc2ccccc12)C(C)CC. The lowest BCUT2D eigenvalue weighted by Crippen LogP contribution is -2.52. The monoisotopic (exact) mass is 566 g/mol. The van der Waals surface area contributed by atoms with E-state index in [0.717, 1.165) is 40.3 Å². The lowest BCUT2D eigenvalue weighted by atomic mass is 9.96. The van der Waals surface area contributed by atoms with Gasteiger partial charge in [-0.25, -0.2) is 0 Å². The van der Waals surface area contributed by atoms with Gasteiger partial charge in [0.15, 0.2) is 11.5 Å². The molecule has 42 heavy (non-hydrogen) atoms. The number of carbonyl (C=O) groups is 2. The van der Waals surface area contributed by atoms with Crippen molar-refractivity contribution in [3.05, 3.63) is 108 Å². The van der Waals surface area contributed by atoms with Gasteiger partial charge in [0.1, 0.15) is 12.6 Å². The lowest BCUT2D eigenvalue weighted by molar-refractivity contribution is -0.130. The Balaban J connectivity index is 1.36. The second kappa shape index (κ2) is 15.1. The number of ether oxygens (including phenoxy) is 1. The van der Waals surface area contributed by atoms with Gasteiger partial charge in [0.25, 0.3) is 0 Å². The summed E-state index contributed by atoms with van der Waals surface area (Å²) in [6, 6.07) is 28.6. The summed E-state index contributed by atoms with van der Waals surface area (Å²) in [4.78, 5) is 26.6. The number of fused-ring (bicyclic) bond motifs is 1. The topological polar surface area (TPSA) is 87.7 Å². The van der Waals surface area contributed by atoms with Gasteiger partial charge in [-0.2, -0.15) is 0 Å². The van der Waals surface area contributed by atoms with E-state index in [9.17, 15) is 14.7 Å². The number of hydrogen-bond acceptors (Lipinski definition) is 4. The third-order valence-electron chi connectivity index (χ3n) is 7.96. The number of para-hydroxylation sites is 1. The molecule has 4 aromatic carbocycles. The third kappa shape index (κ3) is 8.12. The quantitative estimate of drug-likeness (QED) is 0.158. The minimum atomic E-state index is -0.630. The number of aromatic hydroxyl groups is 1. The maximum absolute atomic E-state index is 13.5. The van der Waals surface area contributed by atoms with Gasteiger partial charge >= 0.3 is 0 Å². The number of hydrogen-bond donors (Lipinski definition) is 3. The van der Waals surface area contributed by atoms with Crippen molar-refractivity contribution < 1.29 is 19.4 Å². The average Bonchev–Trinajstić information content (AvgIpc) is 3.02. The van der Waals surface area contributed by atoms with Crippen molar-refractivity contribution in [3.8, 4) is 11.5 Å². The number of rotatable bonds is 14. The van der Waals surface area contributed by atoms with Gasteiger partial charge in [0.05, 0.1) is 6.42 Å². The Kier molecular flexibility index (Phi) is 11.0. The van der Waals surface area contributed by atoms with E-state index in [4.69, 9.17) is 4.74 Å². The van der Waals surface area contributed by atoms with E-state index in [2.05, 4.69) is 10.6 Å². The summed E-state index contributed by atoms with van der Waals surface area (Å²) in [6.45, 7) is 6.41. The Hall–Kier alpha value is -4.32. The van der Waals surface area contributed by atoms with Crippen molar-refractivity contribution >= 4 is 22.6 Å². The van der Waals surface area contributed by atoms with E-state index in [1.54, 1.807) is 6.07 Å². The minimum absolute atomic E-state index is 0.0264. The summed E-state index contributed by atoms with van der Waals surface area (Å²) < 4.78 is 5.87. The molecule has 4 aromatic rings. The summed E-state index contributed by atoms with van der Waals surface area (Å²) in [5.74, 6) is 0.206. The average molecular weight is 567 g/mol. The van der Waals surface area contributed by atoms with E-state index < -0.39 is 6.04 Å².